The summed E-state index contributed by atoms with van der Waals surface area (Å²) < 4.78 is 0. The zero-order valence-corrected chi connectivity index (χ0v) is 10.2. The van der Waals surface area contributed by atoms with Gasteiger partial charge in [0.15, 0.2) is 0 Å². The van der Waals surface area contributed by atoms with Gasteiger partial charge in [0.1, 0.15) is 5.75 Å². The average Bonchev–Trinajstić information content (AvgIpc) is 2.35. The maximum absolute atomic E-state index is 12.2. The Hall–Kier alpha value is -1.59. The lowest BCUT2D eigenvalue weighted by molar-refractivity contribution is -0.0322. The third-order valence-corrected chi connectivity index (χ3v) is 3.22. The Morgan fingerprint density at radius 1 is 1.33 bits per heavy atom. The van der Waals surface area contributed by atoms with Crippen LogP contribution in [0, 0.1) is 6.92 Å². The molecule has 1 fully saturated rings. The van der Waals surface area contributed by atoms with Gasteiger partial charge in [-0.1, -0.05) is 11.6 Å². The van der Waals surface area contributed by atoms with Gasteiger partial charge in [0.25, 0.3) is 5.91 Å². The van der Waals surface area contributed by atoms with Gasteiger partial charge in [-0.15, -0.1) is 0 Å². The number of amides is 1. The van der Waals surface area contributed by atoms with Crippen LogP contribution < -0.4 is 0 Å². The maximum atomic E-state index is 12.2. The minimum Gasteiger partial charge on any atom is -0.507 e. The monoisotopic (exact) mass is 251 g/mol. The van der Waals surface area contributed by atoms with Crippen molar-refractivity contribution in [2.24, 2.45) is 0 Å². The summed E-state index contributed by atoms with van der Waals surface area (Å²) in [5, 5.41) is 28.7. The molecular formula is C13H17NO4. The van der Waals surface area contributed by atoms with E-state index in [-0.39, 0.29) is 23.8 Å². The smallest absolute Gasteiger partial charge is 0.257 e. The first-order valence-corrected chi connectivity index (χ1v) is 5.94. The molecule has 0 radical (unpaired) electrons. The van der Waals surface area contributed by atoms with E-state index in [1.165, 1.54) is 11.0 Å². The van der Waals surface area contributed by atoms with E-state index in [9.17, 15) is 20.1 Å². The summed E-state index contributed by atoms with van der Waals surface area (Å²) in [6.07, 6.45) is -1.35. The summed E-state index contributed by atoms with van der Waals surface area (Å²) >= 11 is 0. The maximum Gasteiger partial charge on any atom is 0.257 e. The SMILES string of the molecule is Cc1ccc(O)c(C(=O)N2CC[C@@H](O)[C@H](O)C2)c1. The molecule has 0 aromatic heterocycles. The number of aliphatic hydroxyl groups excluding tert-OH is 2. The number of aromatic hydroxyl groups is 1. The Labute approximate surface area is 105 Å². The Kier molecular flexibility index (Phi) is 3.54. The van der Waals surface area contributed by atoms with Crippen LogP contribution in [-0.2, 0) is 0 Å². The minimum absolute atomic E-state index is 0.0637. The van der Waals surface area contributed by atoms with Crippen molar-refractivity contribution in [2.75, 3.05) is 13.1 Å². The molecule has 5 nitrogen and oxygen atoms in total. The van der Waals surface area contributed by atoms with E-state index in [1.54, 1.807) is 12.1 Å². The Morgan fingerprint density at radius 2 is 2.06 bits per heavy atom. The summed E-state index contributed by atoms with van der Waals surface area (Å²) in [5.41, 5.74) is 1.12. The van der Waals surface area contributed by atoms with E-state index < -0.39 is 12.2 Å². The molecule has 0 unspecified atom stereocenters. The van der Waals surface area contributed by atoms with Crippen molar-refractivity contribution in [3.63, 3.8) is 0 Å². The molecule has 0 spiro atoms. The molecule has 1 aromatic carbocycles. The van der Waals surface area contributed by atoms with Crippen molar-refractivity contribution in [3.8, 4) is 5.75 Å². The summed E-state index contributed by atoms with van der Waals surface area (Å²) in [4.78, 5) is 13.6. The lowest BCUT2D eigenvalue weighted by atomic mass is 10.0. The predicted molar refractivity (Wildman–Crippen MR) is 65.4 cm³/mol. The summed E-state index contributed by atoms with van der Waals surface area (Å²) in [5.74, 6) is -0.381. The molecule has 5 heteroatoms. The van der Waals surface area contributed by atoms with Crippen LogP contribution in [0.3, 0.4) is 0 Å². The van der Waals surface area contributed by atoms with Crippen LogP contribution in [0.25, 0.3) is 0 Å². The van der Waals surface area contributed by atoms with Gasteiger partial charge in [0.05, 0.1) is 17.8 Å². The highest BCUT2D eigenvalue weighted by molar-refractivity contribution is 5.97. The second kappa shape index (κ2) is 4.96. The molecule has 1 saturated heterocycles. The normalized spacial score (nSPS) is 24.1. The van der Waals surface area contributed by atoms with Crippen LogP contribution in [0.2, 0.25) is 0 Å². The first-order chi connectivity index (χ1) is 8.49. The molecule has 3 N–H and O–H groups in total. The number of phenols is 1. The van der Waals surface area contributed by atoms with Crippen LogP contribution in [0.5, 0.6) is 5.75 Å². The fourth-order valence-electron chi connectivity index (χ4n) is 2.10. The first kappa shape index (κ1) is 12.9. The summed E-state index contributed by atoms with van der Waals surface area (Å²) in [6, 6.07) is 4.83. The van der Waals surface area contributed by atoms with Gasteiger partial charge >= 0.3 is 0 Å². The zero-order chi connectivity index (χ0) is 13.3. The van der Waals surface area contributed by atoms with Gasteiger partial charge in [-0.25, -0.2) is 0 Å². The van der Waals surface area contributed by atoms with Gasteiger partial charge in [0, 0.05) is 13.1 Å². The number of aryl methyl sites for hydroxylation is 1. The van der Waals surface area contributed by atoms with E-state index in [0.717, 1.165) is 5.56 Å². The first-order valence-electron chi connectivity index (χ1n) is 5.94. The van der Waals surface area contributed by atoms with Crippen LogP contribution in [0.4, 0.5) is 0 Å². The molecule has 1 aromatic rings. The molecule has 1 aliphatic rings. The fourth-order valence-corrected chi connectivity index (χ4v) is 2.10. The number of carbonyl (C=O) groups is 1. The Bertz CT molecular complexity index is 460. The number of aliphatic hydroxyl groups is 2. The van der Waals surface area contributed by atoms with Crippen molar-refractivity contribution in [1.29, 1.82) is 0 Å². The zero-order valence-electron chi connectivity index (χ0n) is 10.2. The van der Waals surface area contributed by atoms with Crippen molar-refractivity contribution in [3.05, 3.63) is 29.3 Å². The molecule has 18 heavy (non-hydrogen) atoms. The number of carbonyl (C=O) groups excluding carboxylic acids is 1. The van der Waals surface area contributed by atoms with Gasteiger partial charge in [-0.05, 0) is 25.5 Å². The number of rotatable bonds is 1. The molecule has 1 amide bonds. The predicted octanol–water partition coefficient (Wildman–Crippen LogP) is 0.268. The van der Waals surface area contributed by atoms with Crippen molar-refractivity contribution in [1.82, 2.24) is 4.90 Å². The number of hydrogen-bond donors (Lipinski definition) is 3. The standard InChI is InChI=1S/C13H17NO4/c1-8-2-3-10(15)9(6-8)13(18)14-5-4-11(16)12(17)7-14/h2-3,6,11-12,15-17H,4-5,7H2,1H3/t11-,12-/m1/s1. The highest BCUT2D eigenvalue weighted by Gasteiger charge is 2.30. The van der Waals surface area contributed by atoms with Crippen LogP contribution in [-0.4, -0.2) is 51.4 Å². The molecule has 0 bridgehead atoms. The van der Waals surface area contributed by atoms with E-state index in [0.29, 0.717) is 13.0 Å². The molecule has 0 saturated carbocycles. The van der Waals surface area contributed by atoms with Crippen molar-refractivity contribution < 1.29 is 20.1 Å². The number of piperidine rings is 1. The number of nitrogens with zero attached hydrogens (tertiary/aromatic N) is 1. The van der Waals surface area contributed by atoms with Crippen molar-refractivity contribution >= 4 is 5.91 Å². The van der Waals surface area contributed by atoms with Gasteiger partial charge in [0.2, 0.25) is 0 Å². The summed E-state index contributed by atoms with van der Waals surface area (Å²) in [7, 11) is 0. The quantitative estimate of drug-likeness (QED) is 0.669. The second-order valence-electron chi connectivity index (χ2n) is 4.70. The van der Waals surface area contributed by atoms with E-state index in [1.807, 2.05) is 6.92 Å². The number of benzene rings is 1. The van der Waals surface area contributed by atoms with Gasteiger partial charge in [-0.2, -0.15) is 0 Å². The third-order valence-electron chi connectivity index (χ3n) is 3.22. The van der Waals surface area contributed by atoms with Gasteiger partial charge < -0.3 is 20.2 Å². The number of likely N-dealkylation sites (tertiary alicyclic amines) is 1. The largest absolute Gasteiger partial charge is 0.507 e. The molecule has 2 atom stereocenters. The molecule has 1 aliphatic heterocycles. The molecule has 98 valence electrons. The Balaban J connectivity index is 2.19. The summed E-state index contributed by atoms with van der Waals surface area (Å²) in [6.45, 7) is 2.31. The lowest BCUT2D eigenvalue weighted by Crippen LogP contribution is -2.48. The van der Waals surface area contributed by atoms with E-state index in [2.05, 4.69) is 0 Å². The topological polar surface area (TPSA) is 81.0 Å². The highest BCUT2D eigenvalue weighted by Crippen LogP contribution is 2.22. The van der Waals surface area contributed by atoms with Crippen LogP contribution in [0.1, 0.15) is 22.3 Å². The third kappa shape index (κ3) is 2.47. The van der Waals surface area contributed by atoms with Crippen molar-refractivity contribution in [2.45, 2.75) is 25.6 Å². The fraction of sp³-hybridized carbons (Fsp3) is 0.462. The molecule has 1 heterocycles. The number of phenolic OH excluding ortho intramolecular Hbond substituents is 1. The lowest BCUT2D eigenvalue weighted by Gasteiger charge is -2.33. The van der Waals surface area contributed by atoms with E-state index >= 15 is 0 Å². The highest BCUT2D eigenvalue weighted by atomic mass is 16.3. The average molecular weight is 251 g/mol. The Morgan fingerprint density at radius 3 is 2.72 bits per heavy atom. The van der Waals surface area contributed by atoms with Gasteiger partial charge in [-0.3, -0.25) is 4.79 Å². The van der Waals surface area contributed by atoms with Crippen LogP contribution >= 0.6 is 0 Å². The number of β-amino-alcohol motifs (C(OH)–C–C–N with tert-alkyl or cyclic N) is 1. The minimum atomic E-state index is -0.922. The van der Waals surface area contributed by atoms with Crippen LogP contribution in [0.15, 0.2) is 18.2 Å². The number of hydrogen-bond acceptors (Lipinski definition) is 4. The second-order valence-corrected chi connectivity index (χ2v) is 4.70. The van der Waals surface area contributed by atoms with E-state index in [4.69, 9.17) is 0 Å². The molecular weight excluding hydrogens is 234 g/mol. The molecule has 2 rings (SSSR count). The molecule has 0 aliphatic carbocycles.